The van der Waals surface area contributed by atoms with Crippen LogP contribution >= 0.6 is 0 Å². The van der Waals surface area contributed by atoms with Crippen molar-refractivity contribution in [1.29, 1.82) is 0 Å². The number of hydrogen-bond donors (Lipinski definition) is 0. The van der Waals surface area contributed by atoms with Gasteiger partial charge in [0.05, 0.1) is 5.38 Å². The van der Waals surface area contributed by atoms with Crippen LogP contribution in [-0.2, 0) is 12.8 Å². The van der Waals surface area contributed by atoms with Gasteiger partial charge >= 0.3 is 0 Å². The first-order valence-electron chi connectivity index (χ1n) is 6.68. The Balaban J connectivity index is 2.40. The molecule has 0 fully saturated rings. The van der Waals surface area contributed by atoms with E-state index in [9.17, 15) is 0 Å². The summed E-state index contributed by atoms with van der Waals surface area (Å²) < 4.78 is 6.24. The fourth-order valence-electron chi connectivity index (χ4n) is 3.01. The zero-order chi connectivity index (χ0) is 12.6. The summed E-state index contributed by atoms with van der Waals surface area (Å²) in [7, 11) is -1.45. The Hall–Kier alpha value is -0.763. The molecule has 0 bridgehead atoms. The van der Waals surface area contributed by atoms with Gasteiger partial charge in [0.1, 0.15) is 13.8 Å². The quantitative estimate of drug-likeness (QED) is 0.585. The van der Waals surface area contributed by atoms with Gasteiger partial charge in [-0.25, -0.2) is 0 Å². The highest BCUT2D eigenvalue weighted by Crippen LogP contribution is 2.30. The molecule has 1 aromatic heterocycles. The normalized spacial score (nSPS) is 20.1. The third-order valence-corrected chi connectivity index (χ3v) is 7.06. The molecule has 0 aliphatic heterocycles. The third kappa shape index (κ3) is 2.28. The first-order chi connectivity index (χ1) is 7.95. The zero-order valence-electron chi connectivity index (χ0n) is 11.6. The van der Waals surface area contributed by atoms with E-state index in [-0.39, 0.29) is 0 Å². The molecule has 17 heavy (non-hydrogen) atoms. The molecule has 0 saturated carbocycles. The summed E-state index contributed by atoms with van der Waals surface area (Å²) in [6, 6.07) is 1.11. The second-order valence-corrected chi connectivity index (χ2v) is 10.8. The van der Waals surface area contributed by atoms with Crippen LogP contribution in [0.15, 0.2) is 17.1 Å². The largest absolute Gasteiger partial charge is 0.471 e. The SMILES string of the molecule is C=CC[Si](C)(C)c1oc2c(c1C)CCC(C)C2. The molecule has 0 saturated heterocycles. The van der Waals surface area contributed by atoms with Crippen LogP contribution < -0.4 is 5.38 Å². The summed E-state index contributed by atoms with van der Waals surface area (Å²) in [6.45, 7) is 13.2. The first-order valence-corrected chi connectivity index (χ1v) is 9.89. The highest BCUT2D eigenvalue weighted by atomic mass is 28.3. The Bertz CT molecular complexity index is 428. The fourth-order valence-corrected chi connectivity index (χ4v) is 5.48. The Labute approximate surface area is 106 Å². The van der Waals surface area contributed by atoms with Crippen molar-refractivity contribution in [3.8, 4) is 0 Å². The molecule has 1 unspecified atom stereocenters. The molecule has 1 nitrogen and oxygen atoms in total. The number of furan rings is 1. The van der Waals surface area contributed by atoms with Gasteiger partial charge in [-0.3, -0.25) is 0 Å². The van der Waals surface area contributed by atoms with E-state index in [0.29, 0.717) is 0 Å². The number of hydrogen-bond acceptors (Lipinski definition) is 1. The van der Waals surface area contributed by atoms with Gasteiger partial charge in [0.25, 0.3) is 0 Å². The molecule has 0 N–H and O–H groups in total. The lowest BCUT2D eigenvalue weighted by molar-refractivity contribution is 0.422. The van der Waals surface area contributed by atoms with E-state index in [1.807, 2.05) is 0 Å². The van der Waals surface area contributed by atoms with Crippen molar-refractivity contribution in [2.75, 3.05) is 0 Å². The monoisotopic (exact) mass is 248 g/mol. The van der Waals surface area contributed by atoms with Crippen LogP contribution in [0, 0.1) is 12.8 Å². The Morgan fingerprint density at radius 3 is 2.82 bits per heavy atom. The fraction of sp³-hybridized carbons (Fsp3) is 0.600. The van der Waals surface area contributed by atoms with Gasteiger partial charge in [-0.15, -0.1) is 6.58 Å². The summed E-state index contributed by atoms with van der Waals surface area (Å²) in [5, 5.41) is 1.32. The zero-order valence-corrected chi connectivity index (χ0v) is 12.6. The standard InChI is InChI=1S/C15H24OSi/c1-6-9-17(4,5)15-12(3)13-8-7-11(2)10-14(13)16-15/h6,11H,1,7-10H2,2-5H3. The maximum atomic E-state index is 6.24. The van der Waals surface area contributed by atoms with Crippen molar-refractivity contribution < 1.29 is 4.42 Å². The van der Waals surface area contributed by atoms with Gasteiger partial charge in [0, 0.05) is 6.42 Å². The minimum Gasteiger partial charge on any atom is -0.471 e. The van der Waals surface area contributed by atoms with Crippen molar-refractivity contribution in [3.63, 3.8) is 0 Å². The van der Waals surface area contributed by atoms with E-state index in [1.165, 1.54) is 35.1 Å². The second-order valence-electron chi connectivity index (χ2n) is 6.18. The van der Waals surface area contributed by atoms with Gasteiger partial charge in [-0.05, 0) is 42.9 Å². The highest BCUT2D eigenvalue weighted by Gasteiger charge is 2.32. The van der Waals surface area contributed by atoms with Crippen molar-refractivity contribution in [2.45, 2.75) is 52.2 Å². The summed E-state index contributed by atoms with van der Waals surface area (Å²) in [6.07, 6.45) is 5.71. The molecular formula is C15H24OSi. The maximum absolute atomic E-state index is 6.24. The Morgan fingerprint density at radius 2 is 2.18 bits per heavy atom. The molecule has 0 radical (unpaired) electrons. The van der Waals surface area contributed by atoms with Gasteiger partial charge < -0.3 is 4.42 Å². The molecule has 1 heterocycles. The minimum atomic E-state index is -1.45. The second kappa shape index (κ2) is 4.49. The molecular weight excluding hydrogens is 224 g/mol. The van der Waals surface area contributed by atoms with Gasteiger partial charge in [0.2, 0.25) is 0 Å². The van der Waals surface area contributed by atoms with Crippen LogP contribution in [0.3, 0.4) is 0 Å². The third-order valence-electron chi connectivity index (χ3n) is 4.05. The Kier molecular flexibility index (Phi) is 3.35. The van der Waals surface area contributed by atoms with Crippen LogP contribution in [0.4, 0.5) is 0 Å². The van der Waals surface area contributed by atoms with Gasteiger partial charge in [-0.2, -0.15) is 0 Å². The number of rotatable bonds is 3. The van der Waals surface area contributed by atoms with Crippen LogP contribution in [0.25, 0.3) is 0 Å². The lowest BCUT2D eigenvalue weighted by Crippen LogP contribution is -2.41. The van der Waals surface area contributed by atoms with Crippen molar-refractivity contribution in [3.05, 3.63) is 29.5 Å². The molecule has 2 heteroatoms. The molecule has 1 atom stereocenters. The summed E-state index contributed by atoms with van der Waals surface area (Å²) in [4.78, 5) is 0. The molecule has 0 spiro atoms. The lowest BCUT2D eigenvalue weighted by atomic mass is 9.88. The smallest absolute Gasteiger partial charge is 0.130 e. The predicted molar refractivity (Wildman–Crippen MR) is 76.8 cm³/mol. The maximum Gasteiger partial charge on any atom is 0.130 e. The van der Waals surface area contributed by atoms with Crippen molar-refractivity contribution >= 4 is 13.5 Å². The van der Waals surface area contributed by atoms with Crippen LogP contribution in [0.1, 0.15) is 30.2 Å². The lowest BCUT2D eigenvalue weighted by Gasteiger charge is -2.18. The topological polar surface area (TPSA) is 13.1 Å². The average Bonchev–Trinajstić information content (AvgIpc) is 2.56. The van der Waals surface area contributed by atoms with Crippen LogP contribution in [-0.4, -0.2) is 8.07 Å². The molecule has 0 amide bonds. The Morgan fingerprint density at radius 1 is 1.47 bits per heavy atom. The van der Waals surface area contributed by atoms with Gasteiger partial charge in [0.15, 0.2) is 0 Å². The summed E-state index contributed by atoms with van der Waals surface area (Å²) >= 11 is 0. The van der Waals surface area contributed by atoms with E-state index >= 15 is 0 Å². The average molecular weight is 248 g/mol. The number of allylic oxidation sites excluding steroid dienone is 1. The predicted octanol–water partition coefficient (Wildman–Crippen LogP) is 3.81. The molecule has 1 aliphatic carbocycles. The van der Waals surface area contributed by atoms with Crippen LogP contribution in [0.5, 0.6) is 0 Å². The molecule has 1 aliphatic rings. The molecule has 94 valence electrons. The first kappa shape index (κ1) is 12.7. The van der Waals surface area contributed by atoms with Crippen LogP contribution in [0.2, 0.25) is 19.1 Å². The van der Waals surface area contributed by atoms with E-state index < -0.39 is 8.07 Å². The summed E-state index contributed by atoms with van der Waals surface area (Å²) in [5.74, 6) is 2.06. The molecule has 0 aromatic carbocycles. The van der Waals surface area contributed by atoms with Crippen molar-refractivity contribution in [2.24, 2.45) is 5.92 Å². The molecule has 1 aromatic rings. The number of fused-ring (bicyclic) bond motifs is 1. The van der Waals surface area contributed by atoms with Crippen molar-refractivity contribution in [1.82, 2.24) is 0 Å². The molecule has 2 rings (SSSR count). The summed E-state index contributed by atoms with van der Waals surface area (Å²) in [5.41, 5.74) is 2.97. The van der Waals surface area contributed by atoms with E-state index in [2.05, 4.69) is 39.6 Å². The van der Waals surface area contributed by atoms with E-state index in [4.69, 9.17) is 4.42 Å². The van der Waals surface area contributed by atoms with E-state index in [1.54, 1.807) is 0 Å². The highest BCUT2D eigenvalue weighted by molar-refractivity contribution is 6.89. The van der Waals surface area contributed by atoms with E-state index in [0.717, 1.165) is 18.4 Å². The van der Waals surface area contributed by atoms with Gasteiger partial charge in [-0.1, -0.05) is 26.1 Å². The minimum absolute atomic E-state index is 0.782.